The van der Waals surface area contributed by atoms with Gasteiger partial charge < -0.3 is 15.3 Å². The maximum atomic E-state index is 10.9. The minimum atomic E-state index is -1.10. The second kappa shape index (κ2) is 6.43. The molecule has 1 aromatic heterocycles. The van der Waals surface area contributed by atoms with Crippen molar-refractivity contribution >= 4 is 40.9 Å². The van der Waals surface area contributed by atoms with Crippen LogP contribution in [-0.4, -0.2) is 16.1 Å². The molecule has 0 aliphatic carbocycles. The zero-order valence-corrected chi connectivity index (χ0v) is 12.6. The van der Waals surface area contributed by atoms with E-state index >= 15 is 0 Å². The Balaban J connectivity index is 2.37. The van der Waals surface area contributed by atoms with Crippen molar-refractivity contribution in [2.24, 2.45) is 5.73 Å². The summed E-state index contributed by atoms with van der Waals surface area (Å²) in [6.07, 6.45) is 1.43. The van der Waals surface area contributed by atoms with Gasteiger partial charge in [-0.2, -0.15) is 5.26 Å². The van der Waals surface area contributed by atoms with Crippen LogP contribution in [0.15, 0.2) is 40.3 Å². The Morgan fingerprint density at radius 2 is 2.14 bits per heavy atom. The van der Waals surface area contributed by atoms with Crippen LogP contribution in [0.1, 0.15) is 16.1 Å². The van der Waals surface area contributed by atoms with Crippen LogP contribution >= 0.6 is 23.8 Å². The number of aromatic carboxylic acids is 1. The highest BCUT2D eigenvalue weighted by molar-refractivity contribution is 7.80. The Morgan fingerprint density at radius 3 is 2.68 bits per heavy atom. The van der Waals surface area contributed by atoms with Gasteiger partial charge in [0, 0.05) is 11.6 Å². The van der Waals surface area contributed by atoms with E-state index in [4.69, 9.17) is 44.3 Å². The predicted molar refractivity (Wildman–Crippen MR) is 86.5 cm³/mol. The highest BCUT2D eigenvalue weighted by atomic mass is 35.5. The smallest absolute Gasteiger partial charge is 0.337 e. The molecule has 0 aliphatic heterocycles. The van der Waals surface area contributed by atoms with Crippen molar-refractivity contribution in [1.82, 2.24) is 0 Å². The Bertz CT molecular complexity index is 834. The van der Waals surface area contributed by atoms with Crippen LogP contribution in [0.5, 0.6) is 0 Å². The van der Waals surface area contributed by atoms with Gasteiger partial charge in [-0.25, -0.2) is 4.79 Å². The number of carbonyl (C=O) groups is 1. The molecule has 0 radical (unpaired) electrons. The monoisotopic (exact) mass is 332 g/mol. The molecule has 0 aliphatic rings. The zero-order chi connectivity index (χ0) is 16.3. The molecule has 1 heterocycles. The first-order chi connectivity index (χ1) is 10.4. The molecule has 0 bridgehead atoms. The van der Waals surface area contributed by atoms with Gasteiger partial charge in [0.2, 0.25) is 0 Å². The first kappa shape index (κ1) is 15.8. The molecular formula is C15H9ClN2O3S. The van der Waals surface area contributed by atoms with Crippen molar-refractivity contribution in [2.75, 3.05) is 0 Å². The fourth-order valence-electron chi connectivity index (χ4n) is 1.73. The SMILES string of the molecule is N#C/C(=C\c1ccc(-c2ccc(C(=O)O)c(Cl)c2)o1)C(N)=S. The Kier molecular flexibility index (Phi) is 4.61. The third kappa shape index (κ3) is 3.34. The molecule has 0 unspecified atom stereocenters. The lowest BCUT2D eigenvalue weighted by atomic mass is 10.1. The van der Waals surface area contributed by atoms with E-state index in [9.17, 15) is 4.79 Å². The van der Waals surface area contributed by atoms with E-state index in [0.717, 1.165) is 0 Å². The van der Waals surface area contributed by atoms with E-state index in [1.807, 2.05) is 6.07 Å². The first-order valence-corrected chi connectivity index (χ1v) is 6.75. The van der Waals surface area contributed by atoms with Gasteiger partial charge in [0.15, 0.2) is 0 Å². The van der Waals surface area contributed by atoms with Crippen LogP contribution in [0, 0.1) is 11.3 Å². The number of rotatable bonds is 4. The molecule has 0 spiro atoms. The van der Waals surface area contributed by atoms with Crippen LogP contribution in [-0.2, 0) is 0 Å². The standard InChI is InChI=1S/C15H9ClN2O3S/c16-12-6-8(1-3-11(12)15(19)20)13-4-2-10(21-13)5-9(7-17)14(18)22/h1-6H,(H2,18,22)(H,19,20)/b9-5+. The second-order valence-corrected chi connectivity index (χ2v) is 5.08. The van der Waals surface area contributed by atoms with Crippen molar-refractivity contribution < 1.29 is 14.3 Å². The quantitative estimate of drug-likeness (QED) is 0.505. The molecule has 22 heavy (non-hydrogen) atoms. The van der Waals surface area contributed by atoms with Crippen LogP contribution in [0.2, 0.25) is 5.02 Å². The van der Waals surface area contributed by atoms with Crippen LogP contribution in [0.25, 0.3) is 17.4 Å². The molecule has 3 N–H and O–H groups in total. The number of benzene rings is 1. The summed E-state index contributed by atoms with van der Waals surface area (Å²) < 4.78 is 5.56. The highest BCUT2D eigenvalue weighted by Crippen LogP contribution is 2.28. The van der Waals surface area contributed by atoms with Gasteiger partial charge in [-0.15, -0.1) is 0 Å². The summed E-state index contributed by atoms with van der Waals surface area (Å²) in [4.78, 5) is 10.9. The molecule has 110 valence electrons. The highest BCUT2D eigenvalue weighted by Gasteiger charge is 2.12. The molecule has 0 atom stereocenters. The predicted octanol–water partition coefficient (Wildman–Crippen LogP) is 3.49. The molecule has 2 aromatic rings. The topological polar surface area (TPSA) is 100 Å². The number of carboxylic acid groups (broad SMARTS) is 1. The maximum Gasteiger partial charge on any atom is 0.337 e. The van der Waals surface area contributed by atoms with Gasteiger partial charge >= 0.3 is 5.97 Å². The Morgan fingerprint density at radius 1 is 1.41 bits per heavy atom. The largest absolute Gasteiger partial charge is 0.478 e. The second-order valence-electron chi connectivity index (χ2n) is 4.24. The molecule has 0 fully saturated rings. The summed E-state index contributed by atoms with van der Waals surface area (Å²) in [5.41, 5.74) is 6.16. The van der Waals surface area contributed by atoms with E-state index in [1.165, 1.54) is 18.2 Å². The minimum Gasteiger partial charge on any atom is -0.478 e. The number of furan rings is 1. The number of nitrogens with two attached hydrogens (primary N) is 1. The number of halogens is 1. The maximum absolute atomic E-state index is 10.9. The molecule has 0 amide bonds. The van der Waals surface area contributed by atoms with Crippen molar-refractivity contribution in [3.63, 3.8) is 0 Å². The lowest BCUT2D eigenvalue weighted by molar-refractivity contribution is 0.0697. The van der Waals surface area contributed by atoms with E-state index < -0.39 is 5.97 Å². The summed E-state index contributed by atoms with van der Waals surface area (Å²) in [5.74, 6) is -0.224. The van der Waals surface area contributed by atoms with Crippen molar-refractivity contribution in [3.8, 4) is 17.4 Å². The number of nitriles is 1. The molecule has 7 heteroatoms. The van der Waals surface area contributed by atoms with Gasteiger partial charge in [0.25, 0.3) is 0 Å². The number of hydrogen-bond acceptors (Lipinski definition) is 4. The van der Waals surface area contributed by atoms with Crippen molar-refractivity contribution in [3.05, 3.63) is 52.3 Å². The fourth-order valence-corrected chi connectivity index (χ4v) is 2.09. The number of thiocarbonyl (C=S) groups is 1. The molecule has 1 aromatic carbocycles. The van der Waals surface area contributed by atoms with Crippen molar-refractivity contribution in [2.45, 2.75) is 0 Å². The molecule has 0 saturated carbocycles. The molecule has 5 nitrogen and oxygen atoms in total. The summed E-state index contributed by atoms with van der Waals surface area (Å²) in [5, 5.41) is 17.9. The number of nitrogens with zero attached hydrogens (tertiary/aromatic N) is 1. The van der Waals surface area contributed by atoms with Gasteiger partial charge in [0.1, 0.15) is 22.6 Å². The van der Waals surface area contributed by atoms with E-state index in [-0.39, 0.29) is 21.1 Å². The lowest BCUT2D eigenvalue weighted by Gasteiger charge is -2.01. The first-order valence-electron chi connectivity index (χ1n) is 5.97. The number of hydrogen-bond donors (Lipinski definition) is 2. The normalized spacial score (nSPS) is 11.0. The average molecular weight is 333 g/mol. The summed E-state index contributed by atoms with van der Waals surface area (Å²) in [6.45, 7) is 0. The van der Waals surface area contributed by atoms with E-state index in [2.05, 4.69) is 0 Å². The van der Waals surface area contributed by atoms with Gasteiger partial charge in [-0.1, -0.05) is 29.9 Å². The third-order valence-electron chi connectivity index (χ3n) is 2.78. The third-order valence-corrected chi connectivity index (χ3v) is 3.32. The van der Waals surface area contributed by atoms with Gasteiger partial charge in [-0.05, 0) is 24.3 Å². The summed E-state index contributed by atoms with van der Waals surface area (Å²) >= 11 is 10.7. The van der Waals surface area contributed by atoms with Crippen molar-refractivity contribution in [1.29, 1.82) is 5.26 Å². The average Bonchev–Trinajstić information content (AvgIpc) is 2.92. The zero-order valence-electron chi connectivity index (χ0n) is 11.0. The molecule has 0 saturated heterocycles. The Hall–Kier alpha value is -2.62. The van der Waals surface area contributed by atoms with Crippen LogP contribution in [0.4, 0.5) is 0 Å². The summed E-state index contributed by atoms with van der Waals surface area (Å²) in [7, 11) is 0. The number of carboxylic acids is 1. The molecule has 2 rings (SSSR count). The summed E-state index contributed by atoms with van der Waals surface area (Å²) in [6, 6.07) is 9.67. The lowest BCUT2D eigenvalue weighted by Crippen LogP contribution is -2.09. The van der Waals surface area contributed by atoms with Gasteiger partial charge in [0.05, 0.1) is 16.2 Å². The fraction of sp³-hybridized carbons (Fsp3) is 0. The van der Waals surface area contributed by atoms with Crippen LogP contribution in [0.3, 0.4) is 0 Å². The van der Waals surface area contributed by atoms with Crippen LogP contribution < -0.4 is 5.73 Å². The Labute approximate surface area is 136 Å². The molecular weight excluding hydrogens is 324 g/mol. The minimum absolute atomic E-state index is 0.0114. The van der Waals surface area contributed by atoms with E-state index in [0.29, 0.717) is 17.1 Å². The van der Waals surface area contributed by atoms with E-state index in [1.54, 1.807) is 18.2 Å². The van der Waals surface area contributed by atoms with Gasteiger partial charge in [-0.3, -0.25) is 0 Å².